The molecule has 4 nitrogen and oxygen atoms in total. The van der Waals surface area contributed by atoms with Crippen LogP contribution in [0.25, 0.3) is 44.1 Å². The molecule has 0 aliphatic carbocycles. The molecule has 0 aliphatic rings. The number of aliphatic hydroxyl groups excluding tert-OH is 1. The van der Waals surface area contributed by atoms with Crippen molar-refractivity contribution in [3.05, 3.63) is 167 Å². The molecule has 0 atom stereocenters. The maximum absolute atomic E-state index is 11.7. The minimum absolute atomic E-state index is 0. The van der Waals surface area contributed by atoms with Gasteiger partial charge in [0, 0.05) is 50.4 Å². The van der Waals surface area contributed by atoms with Crippen molar-refractivity contribution < 1.29 is 30.0 Å². The van der Waals surface area contributed by atoms with Gasteiger partial charge in [0.05, 0.1) is 5.76 Å². The van der Waals surface area contributed by atoms with Gasteiger partial charge in [-0.3, -0.25) is 4.79 Å². The summed E-state index contributed by atoms with van der Waals surface area (Å²) in [5.41, 5.74) is 10.4. The van der Waals surface area contributed by atoms with Crippen molar-refractivity contribution in [2.75, 3.05) is 0 Å². The Labute approximate surface area is 399 Å². The average molecular weight is 1050 g/mol. The number of hydrogen-bond donors (Lipinski definition) is 1. The number of allylic oxidation sites excluding steroid dienone is 2. The van der Waals surface area contributed by atoms with Gasteiger partial charge in [-0.1, -0.05) is 159 Å². The number of rotatable bonds is 12. The van der Waals surface area contributed by atoms with E-state index in [4.69, 9.17) is 0 Å². The summed E-state index contributed by atoms with van der Waals surface area (Å²) < 4.78 is 0. The molecule has 64 heavy (non-hydrogen) atoms. The number of hydrogen-bond acceptors (Lipinski definition) is 4. The van der Waals surface area contributed by atoms with Crippen LogP contribution in [0.4, 0.5) is 0 Å². The van der Waals surface area contributed by atoms with Crippen LogP contribution >= 0.6 is 0 Å². The number of nitrogens with zero attached hydrogens (tertiary/aromatic N) is 2. The number of carbonyl (C=O) groups is 1. The molecule has 2 heterocycles. The molecule has 337 valence electrons. The second kappa shape index (κ2) is 23.8. The zero-order valence-corrected chi connectivity index (χ0v) is 43.6. The van der Waals surface area contributed by atoms with Gasteiger partial charge in [-0.2, -0.15) is 0 Å². The van der Waals surface area contributed by atoms with Crippen molar-refractivity contribution in [3.8, 4) is 22.5 Å². The van der Waals surface area contributed by atoms with Gasteiger partial charge in [-0.25, -0.2) is 0 Å². The summed E-state index contributed by atoms with van der Waals surface area (Å²) in [5, 5.41) is 17.6. The third kappa shape index (κ3) is 13.1. The zero-order chi connectivity index (χ0) is 45.8. The normalized spacial score (nSPS) is 11.6. The van der Waals surface area contributed by atoms with Gasteiger partial charge in [0.1, 0.15) is 8.07 Å². The molecule has 6 heteroatoms. The summed E-state index contributed by atoms with van der Waals surface area (Å²) in [6, 6.07) is 44.2. The quantitative estimate of drug-likeness (QED) is 0.0573. The molecule has 0 fully saturated rings. The topological polar surface area (TPSA) is 63.1 Å². The van der Waals surface area contributed by atoms with Crippen LogP contribution in [0, 0.1) is 51.7 Å². The van der Waals surface area contributed by atoms with Gasteiger partial charge in [0.2, 0.25) is 0 Å². The second-order valence-electron chi connectivity index (χ2n) is 17.9. The van der Waals surface area contributed by atoms with Gasteiger partial charge in [-0.05, 0) is 82.2 Å². The Kier molecular flexibility index (Phi) is 19.2. The molecular weight excluding hydrogens is 977 g/mol. The zero-order valence-electron chi connectivity index (χ0n) is 40.2. The summed E-state index contributed by atoms with van der Waals surface area (Å²) in [6.45, 7) is 25.8. The van der Waals surface area contributed by atoms with Gasteiger partial charge in [0.25, 0.3) is 0 Å². The van der Waals surface area contributed by atoms with Crippen molar-refractivity contribution in [1.29, 1.82) is 0 Å². The van der Waals surface area contributed by atoms with Crippen LogP contribution in [-0.4, -0.2) is 28.9 Å². The molecule has 5 aromatic carbocycles. The third-order valence-corrected chi connectivity index (χ3v) is 15.9. The number of ketones is 1. The fourth-order valence-corrected chi connectivity index (χ4v) is 10.8. The molecule has 1 N–H and O–H groups in total. The monoisotopic (exact) mass is 1050 g/mol. The van der Waals surface area contributed by atoms with Crippen molar-refractivity contribution in [2.45, 2.75) is 114 Å². The Balaban J connectivity index is 0.000000219. The standard InChI is InChI=1S/C25H24NSi.C20H20N.C13H24O2.Ir/c1-18-14-19(2)16-21(15-18)25-24-11-10-23(17-20(24)12-13-26-25)27(3,4)22-8-6-5-7-9-22;1-13(2)16-5-6-19-17(12-16)7-8-21-20(19)18-10-14(3)9-15(4)11-18;1-5-10(6-2)12(14)9-13(15)11(7-3)8-4;/h5-15,17H,1-4H3;5-10,12-13H,1-4H3;9-11,14H,5-8H2,1-4H3;/q2*-1;;/b;;12-9-;. The first-order chi connectivity index (χ1) is 30.1. The molecule has 0 saturated heterocycles. The van der Waals surface area contributed by atoms with Gasteiger partial charge in [-0.15, -0.1) is 69.8 Å². The van der Waals surface area contributed by atoms with Gasteiger partial charge < -0.3 is 15.1 Å². The minimum Gasteiger partial charge on any atom is -0.512 e. The van der Waals surface area contributed by atoms with Crippen LogP contribution in [0.5, 0.6) is 0 Å². The van der Waals surface area contributed by atoms with Crippen molar-refractivity contribution in [1.82, 2.24) is 9.97 Å². The maximum Gasteiger partial charge on any atom is 0.162 e. The Morgan fingerprint density at radius 1 is 0.625 bits per heavy atom. The van der Waals surface area contributed by atoms with Crippen LogP contribution in [-0.2, 0) is 24.9 Å². The van der Waals surface area contributed by atoms with Crippen molar-refractivity contribution in [3.63, 3.8) is 0 Å². The van der Waals surface area contributed by atoms with E-state index < -0.39 is 8.07 Å². The van der Waals surface area contributed by atoms with E-state index in [9.17, 15) is 9.90 Å². The van der Waals surface area contributed by atoms with E-state index >= 15 is 0 Å². The Hall–Kier alpha value is -5.00. The number of benzene rings is 5. The van der Waals surface area contributed by atoms with E-state index in [2.05, 4.69) is 180 Å². The molecule has 0 unspecified atom stereocenters. The first-order valence-corrected chi connectivity index (χ1v) is 25.9. The molecule has 2 aromatic heterocycles. The molecule has 0 spiro atoms. The minimum atomic E-state index is -1.72. The van der Waals surface area contributed by atoms with Crippen LogP contribution in [0.3, 0.4) is 0 Å². The molecule has 0 saturated carbocycles. The van der Waals surface area contributed by atoms with Gasteiger partial charge >= 0.3 is 0 Å². The Morgan fingerprint density at radius 3 is 1.58 bits per heavy atom. The SMILES string of the molecule is CCC(CC)C(=O)/C=C(\O)C(CC)CC.Cc1[c-]c(-c2nccc3cc(C(C)C)ccc23)cc(C)c1.Cc1[c-]c(-c2nccc3cc([Si](C)(C)c4ccccc4)ccc23)cc(C)c1.[Ir]. The summed E-state index contributed by atoms with van der Waals surface area (Å²) in [6.07, 6.45) is 8.72. The van der Waals surface area contributed by atoms with E-state index in [1.54, 1.807) is 0 Å². The molecule has 1 radical (unpaired) electrons. The predicted octanol–water partition coefficient (Wildman–Crippen LogP) is 14.5. The molecular formula is C58H68IrN2O2Si-2. The van der Waals surface area contributed by atoms with Crippen molar-refractivity contribution in [2.24, 2.45) is 11.8 Å². The fraction of sp³-hybridized carbons (Fsp3) is 0.328. The second-order valence-corrected chi connectivity index (χ2v) is 22.3. The maximum atomic E-state index is 11.7. The molecule has 7 rings (SSSR count). The van der Waals surface area contributed by atoms with Crippen LogP contribution in [0.15, 0.2) is 127 Å². The Morgan fingerprint density at radius 2 is 1.11 bits per heavy atom. The van der Waals surface area contributed by atoms with E-state index in [0.29, 0.717) is 5.92 Å². The van der Waals surface area contributed by atoms with Crippen LogP contribution in [0.1, 0.15) is 101 Å². The van der Waals surface area contributed by atoms with Crippen LogP contribution < -0.4 is 10.4 Å². The molecule has 0 amide bonds. The molecule has 7 aromatic rings. The van der Waals surface area contributed by atoms with Crippen molar-refractivity contribution >= 4 is 45.8 Å². The number of aryl methyl sites for hydroxylation is 4. The third-order valence-electron chi connectivity index (χ3n) is 12.3. The average Bonchev–Trinajstić information content (AvgIpc) is 3.26. The number of fused-ring (bicyclic) bond motifs is 2. The number of aliphatic hydroxyl groups is 1. The summed E-state index contributed by atoms with van der Waals surface area (Å²) in [7, 11) is -1.72. The van der Waals surface area contributed by atoms with E-state index in [0.717, 1.165) is 59.3 Å². The fourth-order valence-electron chi connectivity index (χ4n) is 8.40. The Bertz CT molecular complexity index is 2620. The number of carbonyl (C=O) groups excluding carboxylic acids is 1. The smallest absolute Gasteiger partial charge is 0.162 e. The van der Waals surface area contributed by atoms with Gasteiger partial charge in [0.15, 0.2) is 5.78 Å². The summed E-state index contributed by atoms with van der Waals surface area (Å²) >= 11 is 0. The number of pyridine rings is 2. The van der Waals surface area contributed by atoms with E-state index in [1.165, 1.54) is 54.7 Å². The van der Waals surface area contributed by atoms with E-state index in [1.807, 2.05) is 40.1 Å². The first kappa shape index (κ1) is 51.6. The van der Waals surface area contributed by atoms with Crippen LogP contribution in [0.2, 0.25) is 13.1 Å². The number of aromatic nitrogens is 2. The summed E-state index contributed by atoms with van der Waals surface area (Å²) in [5.74, 6) is 1.09. The largest absolute Gasteiger partial charge is 0.512 e. The predicted molar refractivity (Wildman–Crippen MR) is 272 cm³/mol. The first-order valence-electron chi connectivity index (χ1n) is 22.9. The molecule has 0 bridgehead atoms. The van der Waals surface area contributed by atoms with E-state index in [-0.39, 0.29) is 43.5 Å². The summed E-state index contributed by atoms with van der Waals surface area (Å²) in [4.78, 5) is 21.0. The molecule has 0 aliphatic heterocycles.